The summed E-state index contributed by atoms with van der Waals surface area (Å²) in [5.74, 6) is 2.03. The van der Waals surface area contributed by atoms with E-state index in [0.29, 0.717) is 18.4 Å². The molecule has 0 saturated heterocycles. The number of methoxy groups -OCH3 is 1. The second-order valence-electron chi connectivity index (χ2n) is 5.40. The monoisotopic (exact) mass is 248 g/mol. The predicted octanol–water partition coefficient (Wildman–Crippen LogP) is 3.43. The summed E-state index contributed by atoms with van der Waals surface area (Å²) in [5.41, 5.74) is 1.28. The second kappa shape index (κ2) is 6.79. The highest BCUT2D eigenvalue weighted by Gasteiger charge is 2.23. The van der Waals surface area contributed by atoms with Crippen LogP contribution in [0.1, 0.15) is 37.7 Å². The van der Waals surface area contributed by atoms with Crippen molar-refractivity contribution in [2.75, 3.05) is 13.7 Å². The molecule has 1 fully saturated rings. The highest BCUT2D eigenvalue weighted by atomic mass is 16.5. The van der Waals surface area contributed by atoms with Crippen molar-refractivity contribution in [1.82, 2.24) is 0 Å². The van der Waals surface area contributed by atoms with E-state index < -0.39 is 0 Å². The fourth-order valence-electron chi connectivity index (χ4n) is 3.09. The van der Waals surface area contributed by atoms with E-state index in [2.05, 4.69) is 12.1 Å². The van der Waals surface area contributed by atoms with Crippen molar-refractivity contribution in [2.45, 2.75) is 38.5 Å². The fraction of sp³-hybridized carbons (Fsp3) is 0.625. The quantitative estimate of drug-likeness (QED) is 0.865. The first-order valence-electron chi connectivity index (χ1n) is 7.07. The van der Waals surface area contributed by atoms with Crippen LogP contribution in [0.4, 0.5) is 0 Å². The number of hydrogen-bond acceptors (Lipinski definition) is 2. The summed E-state index contributed by atoms with van der Waals surface area (Å²) in [7, 11) is 1.70. The lowest BCUT2D eigenvalue weighted by molar-refractivity contribution is 0.147. The van der Waals surface area contributed by atoms with Gasteiger partial charge >= 0.3 is 0 Å². The van der Waals surface area contributed by atoms with Gasteiger partial charge in [0, 0.05) is 6.61 Å². The maximum absolute atomic E-state index is 9.63. The second-order valence-corrected chi connectivity index (χ2v) is 5.40. The van der Waals surface area contributed by atoms with Crippen LogP contribution in [-0.4, -0.2) is 18.8 Å². The van der Waals surface area contributed by atoms with E-state index in [-0.39, 0.29) is 0 Å². The molecule has 0 aromatic heterocycles. The van der Waals surface area contributed by atoms with Crippen molar-refractivity contribution in [1.29, 1.82) is 0 Å². The van der Waals surface area contributed by atoms with Crippen LogP contribution in [0.3, 0.4) is 0 Å². The number of rotatable bonds is 5. The first-order chi connectivity index (χ1) is 8.83. The molecule has 1 aliphatic rings. The topological polar surface area (TPSA) is 29.5 Å². The van der Waals surface area contributed by atoms with Crippen molar-refractivity contribution in [3.63, 3.8) is 0 Å². The van der Waals surface area contributed by atoms with Crippen molar-refractivity contribution in [3.05, 3.63) is 29.8 Å². The minimum Gasteiger partial charge on any atom is -0.497 e. The third kappa shape index (κ3) is 3.49. The maximum atomic E-state index is 9.63. The minimum atomic E-state index is 0.307. The number of benzene rings is 1. The number of aliphatic hydroxyl groups excluding tert-OH is 1. The molecule has 1 aromatic rings. The molecule has 0 bridgehead atoms. The maximum Gasteiger partial charge on any atom is 0.119 e. The zero-order chi connectivity index (χ0) is 12.8. The van der Waals surface area contributed by atoms with Crippen LogP contribution < -0.4 is 4.74 Å². The normalized spacial score (nSPS) is 18.6. The predicted molar refractivity (Wildman–Crippen MR) is 73.8 cm³/mol. The summed E-state index contributed by atoms with van der Waals surface area (Å²) in [5, 5.41) is 9.63. The van der Waals surface area contributed by atoms with Gasteiger partial charge < -0.3 is 9.84 Å². The van der Waals surface area contributed by atoms with Crippen LogP contribution in [0.15, 0.2) is 24.3 Å². The Hall–Kier alpha value is -1.02. The Bertz CT molecular complexity index is 356. The first kappa shape index (κ1) is 13.4. The van der Waals surface area contributed by atoms with Gasteiger partial charge in [-0.05, 0) is 36.0 Å². The van der Waals surface area contributed by atoms with Crippen LogP contribution in [0.5, 0.6) is 5.75 Å². The Morgan fingerprint density at radius 3 is 2.72 bits per heavy atom. The molecule has 1 unspecified atom stereocenters. The minimum absolute atomic E-state index is 0.307. The molecule has 2 heteroatoms. The summed E-state index contributed by atoms with van der Waals surface area (Å²) >= 11 is 0. The molecule has 1 aromatic carbocycles. The molecule has 100 valence electrons. The molecular formula is C16H24O2. The molecule has 0 amide bonds. The largest absolute Gasteiger partial charge is 0.497 e. The van der Waals surface area contributed by atoms with Gasteiger partial charge in [-0.2, -0.15) is 0 Å². The van der Waals surface area contributed by atoms with Crippen LogP contribution >= 0.6 is 0 Å². The zero-order valence-electron chi connectivity index (χ0n) is 11.3. The van der Waals surface area contributed by atoms with Gasteiger partial charge in [-0.3, -0.25) is 0 Å². The van der Waals surface area contributed by atoms with Gasteiger partial charge in [0.1, 0.15) is 5.75 Å². The molecule has 1 atom stereocenters. The van der Waals surface area contributed by atoms with Crippen LogP contribution in [-0.2, 0) is 6.42 Å². The van der Waals surface area contributed by atoms with E-state index in [1.807, 2.05) is 12.1 Å². The Balaban J connectivity index is 1.99. The molecule has 1 aliphatic carbocycles. The average molecular weight is 248 g/mol. The van der Waals surface area contributed by atoms with E-state index in [9.17, 15) is 5.11 Å². The molecule has 1 saturated carbocycles. The molecule has 1 N–H and O–H groups in total. The first-order valence-corrected chi connectivity index (χ1v) is 7.07. The van der Waals surface area contributed by atoms with E-state index >= 15 is 0 Å². The average Bonchev–Trinajstić information content (AvgIpc) is 2.46. The molecule has 18 heavy (non-hydrogen) atoms. The number of aliphatic hydroxyl groups is 1. The van der Waals surface area contributed by atoms with E-state index in [0.717, 1.165) is 12.2 Å². The number of hydrogen-bond donors (Lipinski definition) is 1. The Kier molecular flexibility index (Phi) is 5.06. The molecule has 0 heterocycles. The van der Waals surface area contributed by atoms with Crippen LogP contribution in [0.2, 0.25) is 0 Å². The van der Waals surface area contributed by atoms with Crippen LogP contribution in [0.25, 0.3) is 0 Å². The fourth-order valence-corrected chi connectivity index (χ4v) is 3.09. The van der Waals surface area contributed by atoms with Crippen molar-refractivity contribution in [3.8, 4) is 5.75 Å². The highest BCUT2D eigenvalue weighted by Crippen LogP contribution is 2.32. The third-order valence-corrected chi connectivity index (χ3v) is 4.18. The number of ether oxygens (including phenoxy) is 1. The molecule has 0 aliphatic heterocycles. The van der Waals surface area contributed by atoms with Crippen LogP contribution in [0, 0.1) is 11.8 Å². The SMILES string of the molecule is COc1cccc(CC(CO)C2CCCCC2)c1. The van der Waals surface area contributed by atoms with E-state index in [1.54, 1.807) is 7.11 Å². The Morgan fingerprint density at radius 1 is 1.28 bits per heavy atom. The molecule has 0 radical (unpaired) electrons. The summed E-state index contributed by atoms with van der Waals surface area (Å²) in [6, 6.07) is 8.22. The van der Waals surface area contributed by atoms with E-state index in [1.165, 1.54) is 37.7 Å². The molecule has 0 spiro atoms. The summed E-state index contributed by atoms with van der Waals surface area (Å²) in [6.07, 6.45) is 7.58. The van der Waals surface area contributed by atoms with Gasteiger partial charge in [0.25, 0.3) is 0 Å². The summed E-state index contributed by atoms with van der Waals surface area (Å²) in [4.78, 5) is 0. The lowest BCUT2D eigenvalue weighted by atomic mass is 9.78. The van der Waals surface area contributed by atoms with Gasteiger partial charge in [-0.25, -0.2) is 0 Å². The summed E-state index contributed by atoms with van der Waals surface area (Å²) in [6.45, 7) is 0.307. The lowest BCUT2D eigenvalue weighted by Gasteiger charge is -2.29. The zero-order valence-corrected chi connectivity index (χ0v) is 11.3. The standard InChI is InChI=1S/C16H24O2/c1-18-16-9-5-6-13(11-16)10-15(12-17)14-7-3-2-4-8-14/h5-6,9,11,14-15,17H,2-4,7-8,10,12H2,1H3. The van der Waals surface area contributed by atoms with Crippen molar-refractivity contribution >= 4 is 0 Å². The van der Waals surface area contributed by atoms with Gasteiger partial charge in [-0.15, -0.1) is 0 Å². The van der Waals surface area contributed by atoms with Crippen molar-refractivity contribution < 1.29 is 9.84 Å². The highest BCUT2D eigenvalue weighted by molar-refractivity contribution is 5.28. The van der Waals surface area contributed by atoms with Gasteiger partial charge in [0.15, 0.2) is 0 Å². The third-order valence-electron chi connectivity index (χ3n) is 4.18. The molecular weight excluding hydrogens is 224 g/mol. The van der Waals surface area contributed by atoms with Crippen molar-refractivity contribution in [2.24, 2.45) is 11.8 Å². The van der Waals surface area contributed by atoms with Gasteiger partial charge in [0.2, 0.25) is 0 Å². The smallest absolute Gasteiger partial charge is 0.119 e. The van der Waals surface area contributed by atoms with Gasteiger partial charge in [0.05, 0.1) is 7.11 Å². The Morgan fingerprint density at radius 2 is 2.06 bits per heavy atom. The molecule has 2 rings (SSSR count). The lowest BCUT2D eigenvalue weighted by Crippen LogP contribution is -2.23. The summed E-state index contributed by atoms with van der Waals surface area (Å²) < 4.78 is 5.25. The van der Waals surface area contributed by atoms with Gasteiger partial charge in [-0.1, -0.05) is 44.2 Å². The Labute approximate surface area is 110 Å². The van der Waals surface area contributed by atoms with E-state index in [4.69, 9.17) is 4.74 Å². The molecule has 2 nitrogen and oxygen atoms in total.